The fourth-order valence-corrected chi connectivity index (χ4v) is 4.21. The molecule has 0 radical (unpaired) electrons. The smallest absolute Gasteiger partial charge is 0.264 e. The summed E-state index contributed by atoms with van der Waals surface area (Å²) in [6.07, 6.45) is 11.4. The van der Waals surface area contributed by atoms with Crippen LogP contribution < -0.4 is 10.1 Å². The number of hydrogen-bond donors (Lipinski definition) is 1. The summed E-state index contributed by atoms with van der Waals surface area (Å²) < 4.78 is 5.79. The highest BCUT2D eigenvalue weighted by Gasteiger charge is 2.25. The topological polar surface area (TPSA) is 63.6 Å². The lowest BCUT2D eigenvalue weighted by Gasteiger charge is -2.17. The summed E-state index contributed by atoms with van der Waals surface area (Å²) in [5.74, 6) is 0.722. The first kappa shape index (κ1) is 18.7. The number of amides is 1. The number of rotatable bonds is 5. The molecule has 28 heavy (non-hydrogen) atoms. The molecule has 1 saturated carbocycles. The predicted molar refractivity (Wildman–Crippen MR) is 113 cm³/mol. The molecule has 2 fully saturated rings. The number of carbonyl (C=O) groups is 1. The van der Waals surface area contributed by atoms with Gasteiger partial charge in [-0.25, -0.2) is 0 Å². The molecule has 2 aromatic rings. The molecule has 1 amide bonds. The third-order valence-electron chi connectivity index (χ3n) is 4.86. The summed E-state index contributed by atoms with van der Waals surface area (Å²) in [6.45, 7) is 0.502. The summed E-state index contributed by atoms with van der Waals surface area (Å²) in [5, 5.41) is 3.63. The molecule has 0 spiro atoms. The lowest BCUT2D eigenvalue weighted by molar-refractivity contribution is -0.115. The lowest BCUT2D eigenvalue weighted by Crippen LogP contribution is -2.22. The molecule has 1 aliphatic heterocycles. The Morgan fingerprint density at radius 2 is 1.86 bits per heavy atom. The summed E-state index contributed by atoms with van der Waals surface area (Å²) >= 11 is 1.43. The van der Waals surface area contributed by atoms with Crippen molar-refractivity contribution in [1.29, 1.82) is 0 Å². The number of ether oxygens (including phenoxy) is 1. The van der Waals surface area contributed by atoms with E-state index in [0.29, 0.717) is 17.6 Å². The minimum atomic E-state index is -0.0717. The number of pyridine rings is 1. The van der Waals surface area contributed by atoms with E-state index in [2.05, 4.69) is 10.3 Å². The Labute approximate surface area is 169 Å². The molecule has 0 bridgehead atoms. The van der Waals surface area contributed by atoms with Gasteiger partial charge in [-0.1, -0.05) is 31.4 Å². The molecule has 144 valence electrons. The van der Waals surface area contributed by atoms with E-state index in [4.69, 9.17) is 9.73 Å². The van der Waals surface area contributed by atoms with Crippen molar-refractivity contribution < 1.29 is 9.53 Å². The molecule has 5 nitrogen and oxygen atoms in total. The lowest BCUT2D eigenvalue weighted by atomic mass is 9.96. The number of aliphatic imine (C=N–C) groups is 1. The molecule has 2 aliphatic rings. The Hall–Kier alpha value is -2.60. The van der Waals surface area contributed by atoms with Crippen molar-refractivity contribution in [2.45, 2.75) is 44.8 Å². The Bertz CT molecular complexity index is 872. The average Bonchev–Trinajstić information content (AvgIpc) is 3.07. The van der Waals surface area contributed by atoms with Gasteiger partial charge >= 0.3 is 0 Å². The van der Waals surface area contributed by atoms with Crippen molar-refractivity contribution in [3.05, 3.63) is 64.8 Å². The maximum atomic E-state index is 12.2. The van der Waals surface area contributed by atoms with E-state index >= 15 is 0 Å². The molecule has 2 heterocycles. The molecule has 1 N–H and O–H groups in total. The van der Waals surface area contributed by atoms with E-state index in [0.717, 1.165) is 34.9 Å². The van der Waals surface area contributed by atoms with Gasteiger partial charge in [0, 0.05) is 12.4 Å². The SMILES string of the molecule is O=C1NC(=NC2CCCCC2)S/C1=C\c1ccc(OCc2ccncc2)cc1. The Balaban J connectivity index is 1.37. The van der Waals surface area contributed by atoms with Crippen molar-refractivity contribution in [3.8, 4) is 5.75 Å². The second kappa shape index (κ2) is 9.06. The Morgan fingerprint density at radius 1 is 1.11 bits per heavy atom. The third-order valence-corrected chi connectivity index (χ3v) is 5.78. The van der Waals surface area contributed by atoms with Crippen LogP contribution in [-0.2, 0) is 11.4 Å². The standard InChI is InChI=1S/C22H23N3O2S/c26-21-20(28-22(25-21)24-18-4-2-1-3-5-18)14-16-6-8-19(9-7-16)27-15-17-10-12-23-13-11-17/h6-14,18H,1-5,15H2,(H,24,25,26)/b20-14-. The van der Waals surface area contributed by atoms with E-state index in [1.807, 2.05) is 42.5 Å². The molecule has 1 aromatic heterocycles. The molecule has 6 heteroatoms. The van der Waals surface area contributed by atoms with E-state index in [9.17, 15) is 4.79 Å². The number of thioether (sulfide) groups is 1. The van der Waals surface area contributed by atoms with E-state index < -0.39 is 0 Å². The van der Waals surface area contributed by atoms with Crippen LogP contribution in [0.1, 0.15) is 43.2 Å². The summed E-state index contributed by atoms with van der Waals surface area (Å²) in [6, 6.07) is 12.0. The van der Waals surface area contributed by atoms with Crippen molar-refractivity contribution in [3.63, 3.8) is 0 Å². The van der Waals surface area contributed by atoms with Gasteiger partial charge in [-0.3, -0.25) is 14.8 Å². The molecule has 0 unspecified atom stereocenters. The number of aromatic nitrogens is 1. The monoisotopic (exact) mass is 393 g/mol. The zero-order valence-corrected chi connectivity index (χ0v) is 16.5. The van der Waals surface area contributed by atoms with Gasteiger partial charge in [0.25, 0.3) is 5.91 Å². The van der Waals surface area contributed by atoms with Crippen LogP contribution in [0, 0.1) is 0 Å². The van der Waals surface area contributed by atoms with E-state index in [1.165, 1.54) is 31.0 Å². The van der Waals surface area contributed by atoms with Gasteiger partial charge < -0.3 is 10.1 Å². The molecule has 1 aromatic carbocycles. The van der Waals surface area contributed by atoms with Crippen molar-refractivity contribution in [1.82, 2.24) is 10.3 Å². The first-order chi connectivity index (χ1) is 13.8. The minimum absolute atomic E-state index is 0.0717. The van der Waals surface area contributed by atoms with Crippen molar-refractivity contribution in [2.75, 3.05) is 0 Å². The van der Waals surface area contributed by atoms with Crippen LogP contribution in [-0.4, -0.2) is 22.1 Å². The van der Waals surface area contributed by atoms with Crippen LogP contribution in [0.25, 0.3) is 6.08 Å². The highest BCUT2D eigenvalue weighted by atomic mass is 32.2. The second-order valence-corrected chi connectivity index (χ2v) is 8.03. The summed E-state index contributed by atoms with van der Waals surface area (Å²) in [7, 11) is 0. The third kappa shape index (κ3) is 5.01. The Morgan fingerprint density at radius 3 is 2.61 bits per heavy atom. The number of amidine groups is 1. The molecule has 1 aliphatic carbocycles. The van der Waals surface area contributed by atoms with Crippen LogP contribution in [0.5, 0.6) is 5.75 Å². The average molecular weight is 394 g/mol. The van der Waals surface area contributed by atoms with Crippen LogP contribution in [0.3, 0.4) is 0 Å². The largest absolute Gasteiger partial charge is 0.489 e. The fourth-order valence-electron chi connectivity index (χ4n) is 3.32. The maximum absolute atomic E-state index is 12.2. The molecular weight excluding hydrogens is 370 g/mol. The number of nitrogens with zero attached hydrogens (tertiary/aromatic N) is 2. The molecule has 0 atom stereocenters. The van der Waals surface area contributed by atoms with E-state index in [-0.39, 0.29) is 5.91 Å². The Kier molecular flexibility index (Phi) is 6.07. The van der Waals surface area contributed by atoms with Crippen LogP contribution in [0.4, 0.5) is 0 Å². The van der Waals surface area contributed by atoms with Crippen molar-refractivity contribution in [2.24, 2.45) is 4.99 Å². The molecule has 1 saturated heterocycles. The summed E-state index contributed by atoms with van der Waals surface area (Å²) in [4.78, 5) is 21.7. The number of benzene rings is 1. The fraction of sp³-hybridized carbons (Fsp3) is 0.318. The minimum Gasteiger partial charge on any atom is -0.489 e. The normalized spacial score (nSPS) is 20.5. The second-order valence-electron chi connectivity index (χ2n) is 7.00. The van der Waals surface area contributed by atoms with Gasteiger partial charge in [0.05, 0.1) is 10.9 Å². The highest BCUT2D eigenvalue weighted by Crippen LogP contribution is 2.29. The van der Waals surface area contributed by atoms with Crippen LogP contribution in [0.15, 0.2) is 58.7 Å². The molecule has 4 rings (SSSR count). The first-order valence-corrected chi connectivity index (χ1v) is 10.5. The zero-order valence-electron chi connectivity index (χ0n) is 15.6. The highest BCUT2D eigenvalue weighted by molar-refractivity contribution is 8.18. The summed E-state index contributed by atoms with van der Waals surface area (Å²) in [5.41, 5.74) is 2.04. The van der Waals surface area contributed by atoms with Gasteiger partial charge in [0.2, 0.25) is 0 Å². The van der Waals surface area contributed by atoms with Crippen LogP contribution >= 0.6 is 11.8 Å². The van der Waals surface area contributed by atoms with Crippen molar-refractivity contribution >= 4 is 28.9 Å². The zero-order chi connectivity index (χ0) is 19.2. The van der Waals surface area contributed by atoms with Gasteiger partial charge in [-0.15, -0.1) is 0 Å². The first-order valence-electron chi connectivity index (χ1n) is 9.67. The quantitative estimate of drug-likeness (QED) is 0.757. The van der Waals surface area contributed by atoms with Gasteiger partial charge in [-0.05, 0) is 66.1 Å². The predicted octanol–water partition coefficient (Wildman–Crippen LogP) is 4.55. The maximum Gasteiger partial charge on any atom is 0.264 e. The number of carbonyl (C=O) groups excluding carboxylic acids is 1. The molecular formula is C22H23N3O2S. The number of nitrogens with one attached hydrogen (secondary N) is 1. The van der Waals surface area contributed by atoms with E-state index in [1.54, 1.807) is 12.4 Å². The van der Waals surface area contributed by atoms with Gasteiger partial charge in [0.15, 0.2) is 5.17 Å². The van der Waals surface area contributed by atoms with Gasteiger partial charge in [-0.2, -0.15) is 0 Å². The number of hydrogen-bond acceptors (Lipinski definition) is 5. The van der Waals surface area contributed by atoms with Crippen LogP contribution in [0.2, 0.25) is 0 Å². The van der Waals surface area contributed by atoms with Gasteiger partial charge in [0.1, 0.15) is 12.4 Å².